The first-order chi connectivity index (χ1) is 12.8. The molecule has 0 aliphatic rings. The van der Waals surface area contributed by atoms with Crippen LogP contribution in [0.5, 0.6) is 0 Å². The summed E-state index contributed by atoms with van der Waals surface area (Å²) in [5.41, 5.74) is 5.70. The predicted molar refractivity (Wildman–Crippen MR) is 113 cm³/mol. The first kappa shape index (κ1) is 17.4. The second-order valence-electron chi connectivity index (χ2n) is 5.72. The van der Waals surface area contributed by atoms with Crippen molar-refractivity contribution < 1.29 is 0 Å². The third-order valence-electron chi connectivity index (χ3n) is 3.96. The van der Waals surface area contributed by atoms with Crippen LogP contribution in [-0.4, -0.2) is 26.5 Å². The average molecular weight is 342 g/mol. The Bertz CT molecular complexity index is 823. The zero-order chi connectivity index (χ0) is 18.2. The fourth-order valence-corrected chi connectivity index (χ4v) is 2.56. The van der Waals surface area contributed by atoms with Gasteiger partial charge in [-0.05, 0) is 23.3 Å². The molecule has 0 saturated carbocycles. The number of nitrogens with zero attached hydrogens (tertiary/aromatic N) is 2. The van der Waals surface area contributed by atoms with Gasteiger partial charge in [0.05, 0.1) is 22.7 Å². The van der Waals surface area contributed by atoms with Crippen molar-refractivity contribution in [3.05, 3.63) is 83.9 Å². The Morgan fingerprint density at radius 1 is 0.615 bits per heavy atom. The molecule has 4 nitrogen and oxygen atoms in total. The molecule has 0 saturated heterocycles. The van der Waals surface area contributed by atoms with Gasteiger partial charge in [-0.15, -0.1) is 0 Å². The van der Waals surface area contributed by atoms with Gasteiger partial charge in [-0.2, -0.15) is 0 Å². The van der Waals surface area contributed by atoms with Crippen LogP contribution >= 0.6 is 0 Å². The van der Waals surface area contributed by atoms with E-state index in [4.69, 9.17) is 0 Å². The molecule has 0 amide bonds. The van der Waals surface area contributed by atoms with Gasteiger partial charge < -0.3 is 10.6 Å². The van der Waals surface area contributed by atoms with Crippen LogP contribution in [0.15, 0.2) is 82.8 Å². The number of hydrogen-bond acceptors (Lipinski definition) is 4. The smallest absolute Gasteiger partial charge is 0.0883 e. The van der Waals surface area contributed by atoms with Gasteiger partial charge in [-0.1, -0.05) is 60.7 Å². The summed E-state index contributed by atoms with van der Waals surface area (Å²) in [6, 6.07) is 24.1. The topological polar surface area (TPSA) is 48.8 Å². The monoisotopic (exact) mass is 342 g/mol. The Morgan fingerprint density at radius 3 is 1.35 bits per heavy atom. The van der Waals surface area contributed by atoms with E-state index < -0.39 is 0 Å². The molecular weight excluding hydrogens is 320 g/mol. The number of benzene rings is 3. The van der Waals surface area contributed by atoms with Crippen LogP contribution in [0.3, 0.4) is 0 Å². The third-order valence-corrected chi connectivity index (χ3v) is 3.96. The van der Waals surface area contributed by atoms with E-state index in [2.05, 4.69) is 20.6 Å². The van der Waals surface area contributed by atoms with Crippen molar-refractivity contribution in [2.24, 2.45) is 9.98 Å². The van der Waals surface area contributed by atoms with E-state index in [9.17, 15) is 0 Å². The molecule has 3 aromatic carbocycles. The highest BCUT2D eigenvalue weighted by Crippen LogP contribution is 2.36. The quantitative estimate of drug-likeness (QED) is 0.599. The van der Waals surface area contributed by atoms with Crippen LogP contribution in [0, 0.1) is 0 Å². The van der Waals surface area contributed by atoms with Gasteiger partial charge in [0.1, 0.15) is 0 Å². The highest BCUT2D eigenvalue weighted by atomic mass is 14.9. The van der Waals surface area contributed by atoms with Gasteiger partial charge in [0.15, 0.2) is 0 Å². The molecule has 4 heteroatoms. The molecule has 26 heavy (non-hydrogen) atoms. The fourth-order valence-electron chi connectivity index (χ4n) is 2.56. The van der Waals surface area contributed by atoms with E-state index in [1.165, 1.54) is 0 Å². The van der Waals surface area contributed by atoms with Gasteiger partial charge in [0.25, 0.3) is 0 Å². The van der Waals surface area contributed by atoms with Crippen LogP contribution in [0.4, 0.5) is 22.7 Å². The minimum atomic E-state index is 0.861. The molecule has 0 radical (unpaired) electrons. The molecule has 130 valence electrons. The maximum Gasteiger partial charge on any atom is 0.0883 e. The van der Waals surface area contributed by atoms with E-state index in [0.29, 0.717) is 0 Å². The standard InChI is InChI=1S/C22H22N4/c1-23-19-13-22(26-16-18-11-7-4-8-12-18)20(24-2)14-21(19)25-15-17-9-5-3-6-10-17/h3-16,23-24H,1-2H3/b25-15+,26-16+. The molecule has 0 bridgehead atoms. The highest BCUT2D eigenvalue weighted by Gasteiger charge is 2.07. The summed E-state index contributed by atoms with van der Waals surface area (Å²) in [5.74, 6) is 0. The molecule has 0 unspecified atom stereocenters. The summed E-state index contributed by atoms with van der Waals surface area (Å²) in [4.78, 5) is 9.27. The van der Waals surface area contributed by atoms with Gasteiger partial charge in [0, 0.05) is 26.5 Å². The lowest BCUT2D eigenvalue weighted by atomic mass is 10.2. The van der Waals surface area contributed by atoms with Gasteiger partial charge in [-0.3, -0.25) is 9.98 Å². The summed E-state index contributed by atoms with van der Waals surface area (Å²) >= 11 is 0. The Labute approximate surface area is 154 Å². The van der Waals surface area contributed by atoms with Crippen LogP contribution in [0.2, 0.25) is 0 Å². The molecule has 0 aliphatic heterocycles. The van der Waals surface area contributed by atoms with Crippen LogP contribution in [0.1, 0.15) is 11.1 Å². The van der Waals surface area contributed by atoms with E-state index in [-0.39, 0.29) is 0 Å². The predicted octanol–water partition coefficient (Wildman–Crippen LogP) is 5.27. The number of aliphatic imine (C=N–C) groups is 2. The summed E-state index contributed by atoms with van der Waals surface area (Å²) in [6.45, 7) is 0. The van der Waals surface area contributed by atoms with Gasteiger partial charge >= 0.3 is 0 Å². The minimum Gasteiger partial charge on any atom is -0.386 e. The lowest BCUT2D eigenvalue weighted by molar-refractivity contribution is 1.40. The SMILES string of the molecule is CNc1cc(/N=C/c2ccccc2)c(NC)cc1/N=C/c1ccccc1. The Morgan fingerprint density at radius 2 is 1.00 bits per heavy atom. The van der Waals surface area contributed by atoms with Crippen molar-refractivity contribution >= 4 is 35.2 Å². The molecular formula is C22H22N4. The Balaban J connectivity index is 1.93. The van der Waals surface area contributed by atoms with Crippen LogP contribution in [-0.2, 0) is 0 Å². The molecule has 0 spiro atoms. The van der Waals surface area contributed by atoms with Crippen molar-refractivity contribution in [3.8, 4) is 0 Å². The molecule has 0 aromatic heterocycles. The van der Waals surface area contributed by atoms with E-state index in [1.807, 2.05) is 99.3 Å². The summed E-state index contributed by atoms with van der Waals surface area (Å²) < 4.78 is 0. The van der Waals surface area contributed by atoms with Crippen molar-refractivity contribution in [3.63, 3.8) is 0 Å². The first-order valence-electron chi connectivity index (χ1n) is 8.52. The number of hydrogen-bond donors (Lipinski definition) is 2. The third kappa shape index (κ3) is 4.36. The van der Waals surface area contributed by atoms with E-state index in [1.54, 1.807) is 0 Å². The maximum atomic E-state index is 4.64. The fraction of sp³-hybridized carbons (Fsp3) is 0.0909. The minimum absolute atomic E-state index is 0.861. The normalized spacial score (nSPS) is 11.2. The van der Waals surface area contributed by atoms with E-state index >= 15 is 0 Å². The lowest BCUT2D eigenvalue weighted by Gasteiger charge is -2.11. The zero-order valence-corrected chi connectivity index (χ0v) is 15.0. The van der Waals surface area contributed by atoms with E-state index in [0.717, 1.165) is 33.9 Å². The number of anilines is 2. The summed E-state index contributed by atoms with van der Waals surface area (Å²) in [7, 11) is 3.78. The molecule has 0 aliphatic carbocycles. The van der Waals surface area contributed by atoms with Crippen LogP contribution in [0.25, 0.3) is 0 Å². The van der Waals surface area contributed by atoms with Crippen molar-refractivity contribution in [1.82, 2.24) is 0 Å². The molecule has 3 aromatic rings. The maximum absolute atomic E-state index is 4.64. The zero-order valence-electron chi connectivity index (χ0n) is 15.0. The first-order valence-corrected chi connectivity index (χ1v) is 8.52. The molecule has 0 heterocycles. The Kier molecular flexibility index (Phi) is 5.78. The highest BCUT2D eigenvalue weighted by molar-refractivity contribution is 5.89. The van der Waals surface area contributed by atoms with Crippen molar-refractivity contribution in [2.45, 2.75) is 0 Å². The largest absolute Gasteiger partial charge is 0.386 e. The number of rotatable bonds is 6. The average Bonchev–Trinajstić information content (AvgIpc) is 2.72. The summed E-state index contributed by atoms with van der Waals surface area (Å²) in [5, 5.41) is 6.41. The molecule has 3 rings (SSSR count). The second kappa shape index (κ2) is 8.62. The number of nitrogens with one attached hydrogen (secondary N) is 2. The molecule has 0 atom stereocenters. The van der Waals surface area contributed by atoms with Crippen LogP contribution < -0.4 is 10.6 Å². The van der Waals surface area contributed by atoms with Crippen molar-refractivity contribution in [1.29, 1.82) is 0 Å². The molecule has 0 fully saturated rings. The lowest BCUT2D eigenvalue weighted by Crippen LogP contribution is -1.94. The van der Waals surface area contributed by atoms with Crippen molar-refractivity contribution in [2.75, 3.05) is 24.7 Å². The van der Waals surface area contributed by atoms with Gasteiger partial charge in [0.2, 0.25) is 0 Å². The molecule has 2 N–H and O–H groups in total. The Hall–Kier alpha value is -3.40. The van der Waals surface area contributed by atoms with Gasteiger partial charge in [-0.25, -0.2) is 0 Å². The second-order valence-corrected chi connectivity index (χ2v) is 5.72. The summed E-state index contributed by atoms with van der Waals surface area (Å²) in [6.07, 6.45) is 3.73.